The molecule has 0 fully saturated rings. The molecule has 16 heavy (non-hydrogen) atoms. The van der Waals surface area contributed by atoms with Gasteiger partial charge in [-0.15, -0.1) is 11.8 Å². The molecule has 1 rings (SSSR count). The van der Waals surface area contributed by atoms with Crippen LogP contribution < -0.4 is 0 Å². The van der Waals surface area contributed by atoms with Crippen LogP contribution in [-0.4, -0.2) is 29.4 Å². The first-order valence-corrected chi connectivity index (χ1v) is 6.66. The van der Waals surface area contributed by atoms with E-state index in [4.69, 9.17) is 16.3 Å². The monoisotopic (exact) mass is 260 g/mol. The van der Waals surface area contributed by atoms with Crippen LogP contribution in [0.1, 0.15) is 32.0 Å². The van der Waals surface area contributed by atoms with Gasteiger partial charge in [0.1, 0.15) is 16.0 Å². The average molecular weight is 261 g/mol. The summed E-state index contributed by atoms with van der Waals surface area (Å²) in [6.07, 6.45) is 1.01. The number of aromatic nitrogens is 2. The standard InChI is InChI=1S/C11H17ClN2OS/c1-8(2)11-13-9(12)7-10(14-11)16-6-4-5-15-3/h7-8H,4-6H2,1-3H3. The van der Waals surface area contributed by atoms with Crippen molar-refractivity contribution < 1.29 is 4.74 Å². The first-order valence-electron chi connectivity index (χ1n) is 5.29. The molecule has 1 aromatic heterocycles. The van der Waals surface area contributed by atoms with Crippen molar-refractivity contribution in [3.05, 3.63) is 17.0 Å². The van der Waals surface area contributed by atoms with Crippen molar-refractivity contribution in [3.8, 4) is 0 Å². The third-order valence-electron chi connectivity index (χ3n) is 1.95. The SMILES string of the molecule is COCCCSc1cc(Cl)nc(C(C)C)n1. The summed E-state index contributed by atoms with van der Waals surface area (Å²) in [5.74, 6) is 2.09. The second kappa shape index (κ2) is 7.09. The van der Waals surface area contributed by atoms with Crippen LogP contribution in [0.15, 0.2) is 11.1 Å². The fourth-order valence-corrected chi connectivity index (χ4v) is 2.20. The molecule has 0 saturated heterocycles. The summed E-state index contributed by atoms with van der Waals surface area (Å²) in [5, 5.41) is 1.47. The first kappa shape index (κ1) is 13.7. The van der Waals surface area contributed by atoms with Gasteiger partial charge in [0, 0.05) is 31.5 Å². The van der Waals surface area contributed by atoms with Gasteiger partial charge >= 0.3 is 0 Å². The fourth-order valence-electron chi connectivity index (χ4n) is 1.13. The summed E-state index contributed by atoms with van der Waals surface area (Å²) in [6.45, 7) is 4.90. The summed E-state index contributed by atoms with van der Waals surface area (Å²) in [4.78, 5) is 8.65. The molecule has 0 radical (unpaired) electrons. The van der Waals surface area contributed by atoms with Gasteiger partial charge in [0.25, 0.3) is 0 Å². The molecule has 1 heterocycles. The quantitative estimate of drug-likeness (QED) is 0.446. The smallest absolute Gasteiger partial charge is 0.133 e. The van der Waals surface area contributed by atoms with Crippen LogP contribution in [0.5, 0.6) is 0 Å². The van der Waals surface area contributed by atoms with Crippen molar-refractivity contribution in [3.63, 3.8) is 0 Å². The highest BCUT2D eigenvalue weighted by Gasteiger charge is 2.07. The molecule has 0 N–H and O–H groups in total. The molecule has 1 aromatic rings. The Morgan fingerprint density at radius 3 is 2.81 bits per heavy atom. The molecule has 0 amide bonds. The summed E-state index contributed by atoms with van der Waals surface area (Å²) in [7, 11) is 1.71. The molecule has 90 valence electrons. The molecule has 0 saturated carbocycles. The summed E-state index contributed by atoms with van der Waals surface area (Å²) in [6, 6.07) is 1.81. The van der Waals surface area contributed by atoms with E-state index in [-0.39, 0.29) is 0 Å². The van der Waals surface area contributed by atoms with Crippen LogP contribution in [0.25, 0.3) is 0 Å². The molecule has 0 aromatic carbocycles. The Labute approximate surface area is 106 Å². The second-order valence-corrected chi connectivity index (χ2v) is 5.24. The lowest BCUT2D eigenvalue weighted by Gasteiger charge is -2.06. The molecule has 0 aliphatic carbocycles. The van der Waals surface area contributed by atoms with E-state index in [0.717, 1.165) is 29.6 Å². The van der Waals surface area contributed by atoms with Crippen LogP contribution in [0.3, 0.4) is 0 Å². The largest absolute Gasteiger partial charge is 0.385 e. The number of rotatable bonds is 6. The van der Waals surface area contributed by atoms with Gasteiger partial charge in [-0.2, -0.15) is 0 Å². The molecular weight excluding hydrogens is 244 g/mol. The zero-order chi connectivity index (χ0) is 12.0. The zero-order valence-corrected chi connectivity index (χ0v) is 11.4. The van der Waals surface area contributed by atoms with E-state index in [0.29, 0.717) is 11.1 Å². The van der Waals surface area contributed by atoms with Crippen LogP contribution in [0.2, 0.25) is 5.15 Å². The van der Waals surface area contributed by atoms with Crippen LogP contribution in [-0.2, 0) is 4.74 Å². The van der Waals surface area contributed by atoms with Crippen molar-refractivity contribution >= 4 is 23.4 Å². The average Bonchev–Trinajstić information content (AvgIpc) is 2.23. The zero-order valence-electron chi connectivity index (χ0n) is 9.86. The van der Waals surface area contributed by atoms with Crippen molar-refractivity contribution in [2.45, 2.75) is 31.2 Å². The molecule has 0 aliphatic rings. The van der Waals surface area contributed by atoms with E-state index in [1.807, 2.05) is 6.07 Å². The highest BCUT2D eigenvalue weighted by Crippen LogP contribution is 2.22. The van der Waals surface area contributed by atoms with Gasteiger partial charge in [-0.3, -0.25) is 0 Å². The van der Waals surface area contributed by atoms with Crippen molar-refractivity contribution in [2.75, 3.05) is 19.5 Å². The predicted molar refractivity (Wildman–Crippen MR) is 68.3 cm³/mol. The number of hydrogen-bond donors (Lipinski definition) is 0. The number of methoxy groups -OCH3 is 1. The Kier molecular flexibility index (Phi) is 6.09. The van der Waals surface area contributed by atoms with Crippen molar-refractivity contribution in [1.82, 2.24) is 9.97 Å². The summed E-state index contributed by atoms with van der Waals surface area (Å²) >= 11 is 7.64. The maximum absolute atomic E-state index is 5.95. The van der Waals surface area contributed by atoms with Gasteiger partial charge in [0.05, 0.1) is 0 Å². The molecule has 0 aliphatic heterocycles. The van der Waals surface area contributed by atoms with E-state index in [9.17, 15) is 0 Å². The van der Waals surface area contributed by atoms with Crippen molar-refractivity contribution in [2.24, 2.45) is 0 Å². The lowest BCUT2D eigenvalue weighted by Crippen LogP contribution is -1.99. The first-order chi connectivity index (χ1) is 7.63. The van der Waals surface area contributed by atoms with Gasteiger partial charge in [-0.05, 0) is 6.42 Å². The number of nitrogens with zero attached hydrogens (tertiary/aromatic N) is 2. The molecule has 0 bridgehead atoms. The minimum absolute atomic E-state index is 0.303. The lowest BCUT2D eigenvalue weighted by molar-refractivity contribution is 0.200. The maximum Gasteiger partial charge on any atom is 0.133 e. The highest BCUT2D eigenvalue weighted by molar-refractivity contribution is 7.99. The molecule has 0 unspecified atom stereocenters. The van der Waals surface area contributed by atoms with Crippen LogP contribution in [0, 0.1) is 0 Å². The Balaban J connectivity index is 2.58. The number of hydrogen-bond acceptors (Lipinski definition) is 4. The Bertz CT molecular complexity index is 334. The normalized spacial score (nSPS) is 11.1. The predicted octanol–water partition coefficient (Wildman–Crippen LogP) is 3.38. The highest BCUT2D eigenvalue weighted by atomic mass is 35.5. The van der Waals surface area contributed by atoms with Gasteiger partial charge in [0.15, 0.2) is 0 Å². The molecule has 0 atom stereocenters. The van der Waals surface area contributed by atoms with Crippen LogP contribution in [0.4, 0.5) is 0 Å². The molecule has 5 heteroatoms. The molecule has 0 spiro atoms. The minimum atomic E-state index is 0.303. The Hall–Kier alpha value is -0.320. The van der Waals surface area contributed by atoms with Gasteiger partial charge in [-0.1, -0.05) is 25.4 Å². The van der Waals surface area contributed by atoms with E-state index in [2.05, 4.69) is 23.8 Å². The molecular formula is C11H17ClN2OS. The maximum atomic E-state index is 5.95. The topological polar surface area (TPSA) is 35.0 Å². The van der Waals surface area contributed by atoms with Gasteiger partial charge in [0.2, 0.25) is 0 Å². The van der Waals surface area contributed by atoms with E-state index < -0.39 is 0 Å². The lowest BCUT2D eigenvalue weighted by atomic mass is 10.2. The third kappa shape index (κ3) is 4.68. The molecule has 3 nitrogen and oxygen atoms in total. The Morgan fingerprint density at radius 2 is 2.19 bits per heavy atom. The Morgan fingerprint density at radius 1 is 1.44 bits per heavy atom. The van der Waals surface area contributed by atoms with Crippen LogP contribution >= 0.6 is 23.4 Å². The minimum Gasteiger partial charge on any atom is -0.385 e. The van der Waals surface area contributed by atoms with Crippen molar-refractivity contribution in [1.29, 1.82) is 0 Å². The summed E-state index contributed by atoms with van der Waals surface area (Å²) < 4.78 is 4.99. The summed E-state index contributed by atoms with van der Waals surface area (Å²) in [5.41, 5.74) is 0. The van der Waals surface area contributed by atoms with Gasteiger partial charge in [-0.25, -0.2) is 9.97 Å². The van der Waals surface area contributed by atoms with E-state index >= 15 is 0 Å². The second-order valence-electron chi connectivity index (χ2n) is 3.74. The van der Waals surface area contributed by atoms with Gasteiger partial charge < -0.3 is 4.74 Å². The van der Waals surface area contributed by atoms with E-state index in [1.165, 1.54) is 0 Å². The number of ether oxygens (including phenoxy) is 1. The number of halogens is 1. The number of thioether (sulfide) groups is 1. The fraction of sp³-hybridized carbons (Fsp3) is 0.636. The third-order valence-corrected chi connectivity index (χ3v) is 3.14. The van der Waals surface area contributed by atoms with E-state index in [1.54, 1.807) is 18.9 Å².